The summed E-state index contributed by atoms with van der Waals surface area (Å²) in [7, 11) is 1.37. The normalized spacial score (nSPS) is 10.9. The molecule has 0 aliphatic carbocycles. The molecule has 4 rings (SSSR count). The predicted octanol–water partition coefficient (Wildman–Crippen LogP) is 8.56. The van der Waals surface area contributed by atoms with E-state index < -0.39 is 29.6 Å². The molecule has 0 aliphatic heterocycles. The van der Waals surface area contributed by atoms with E-state index in [1.807, 2.05) is 6.92 Å². The molecule has 0 bridgehead atoms. The fraction of sp³-hybridized carbons (Fsp3) is 0.300. The SMILES string of the molecule is CCc1c(C)c(C(=O)O)c(C)c(C)c1OC(=O)c1c(C)cc(OC(=O)c2c(C)c(C)c(OC(=O)c3c(C)cc(O)cc3OC)c(Br)c2C)c(C)c1O. The van der Waals surface area contributed by atoms with Crippen LogP contribution >= 0.6 is 15.9 Å². The monoisotopic (exact) mass is 776 g/mol. The van der Waals surface area contributed by atoms with Crippen molar-refractivity contribution in [3.8, 4) is 34.5 Å². The van der Waals surface area contributed by atoms with Crippen molar-refractivity contribution in [2.75, 3.05) is 7.11 Å². The number of aryl methyl sites for hydroxylation is 2. The minimum Gasteiger partial charge on any atom is -0.508 e. The van der Waals surface area contributed by atoms with Gasteiger partial charge in [-0.2, -0.15) is 0 Å². The van der Waals surface area contributed by atoms with Gasteiger partial charge >= 0.3 is 23.9 Å². The summed E-state index contributed by atoms with van der Waals surface area (Å²) in [5.41, 5.74) is 4.58. The fourth-order valence-corrected chi connectivity index (χ4v) is 6.99. The van der Waals surface area contributed by atoms with Gasteiger partial charge in [-0.05, 0) is 147 Å². The molecule has 0 amide bonds. The number of phenolic OH excluding ortho intramolecular Hbond substituents is 2. The zero-order chi connectivity index (χ0) is 39.1. The van der Waals surface area contributed by atoms with Gasteiger partial charge in [0.05, 0.1) is 22.7 Å². The van der Waals surface area contributed by atoms with Gasteiger partial charge in [0.2, 0.25) is 0 Å². The number of carbonyl (C=O) groups is 4. The van der Waals surface area contributed by atoms with Gasteiger partial charge in [0.15, 0.2) is 0 Å². The summed E-state index contributed by atoms with van der Waals surface area (Å²) in [5, 5.41) is 31.0. The Bertz CT molecular complexity index is 2170. The first-order chi connectivity index (χ1) is 24.3. The molecule has 274 valence electrons. The molecule has 0 saturated heterocycles. The van der Waals surface area contributed by atoms with Crippen LogP contribution in [0.4, 0.5) is 0 Å². The lowest BCUT2D eigenvalue weighted by Crippen LogP contribution is -2.18. The highest BCUT2D eigenvalue weighted by Crippen LogP contribution is 2.41. The van der Waals surface area contributed by atoms with Crippen LogP contribution in [0.1, 0.15) is 104 Å². The standard InChI is InChI=1S/C40H41BrO11/c1-12-26-22(8)31(37(44)45)18(4)20(6)35(26)51-39(47)30-17(3)14-27(23(9)34(30)43)50-40(48)32-19(5)21(7)36(33(41)24(32)10)52-38(46)29-16(2)13-25(42)15-28(29)49-11/h13-15,42-43H,12H2,1-11H3,(H,44,45). The Hall–Kier alpha value is -5.36. The van der Waals surface area contributed by atoms with Crippen LogP contribution in [-0.4, -0.2) is 46.3 Å². The highest BCUT2D eigenvalue weighted by Gasteiger charge is 2.30. The number of benzene rings is 4. The summed E-state index contributed by atoms with van der Waals surface area (Å²) >= 11 is 3.49. The Morgan fingerprint density at radius 2 is 1.12 bits per heavy atom. The van der Waals surface area contributed by atoms with Crippen molar-refractivity contribution in [3.05, 3.63) is 101 Å². The summed E-state index contributed by atoms with van der Waals surface area (Å²) < 4.78 is 23.1. The van der Waals surface area contributed by atoms with Gasteiger partial charge in [-0.25, -0.2) is 19.2 Å². The van der Waals surface area contributed by atoms with E-state index in [0.717, 1.165) is 0 Å². The molecule has 0 aliphatic rings. The molecule has 0 aromatic heterocycles. The summed E-state index contributed by atoms with van der Waals surface area (Å²) in [5.74, 6) is -3.35. The van der Waals surface area contributed by atoms with E-state index in [0.29, 0.717) is 55.4 Å². The van der Waals surface area contributed by atoms with E-state index in [1.54, 1.807) is 55.4 Å². The topological polar surface area (TPSA) is 166 Å². The third-order valence-electron chi connectivity index (χ3n) is 9.54. The number of carbonyl (C=O) groups excluding carboxylic acids is 3. The van der Waals surface area contributed by atoms with Crippen LogP contribution < -0.4 is 18.9 Å². The third kappa shape index (κ3) is 6.94. The first kappa shape index (κ1) is 39.4. The summed E-state index contributed by atoms with van der Waals surface area (Å²) in [6, 6.07) is 4.18. The van der Waals surface area contributed by atoms with Crippen LogP contribution in [-0.2, 0) is 6.42 Å². The summed E-state index contributed by atoms with van der Waals surface area (Å²) in [6.07, 6.45) is 0.402. The molecule has 3 N–H and O–H groups in total. The van der Waals surface area contributed by atoms with Gasteiger partial charge in [-0.15, -0.1) is 0 Å². The van der Waals surface area contributed by atoms with E-state index in [9.17, 15) is 34.5 Å². The van der Waals surface area contributed by atoms with Crippen molar-refractivity contribution in [2.24, 2.45) is 0 Å². The molecule has 0 atom stereocenters. The Labute approximate surface area is 310 Å². The molecule has 4 aromatic rings. The lowest BCUT2D eigenvalue weighted by molar-refractivity contribution is 0.0690. The number of aromatic carboxylic acids is 1. The van der Waals surface area contributed by atoms with Gasteiger partial charge < -0.3 is 34.3 Å². The quantitative estimate of drug-likeness (QED) is 0.110. The van der Waals surface area contributed by atoms with E-state index in [4.69, 9.17) is 18.9 Å². The molecule has 0 fully saturated rings. The smallest absolute Gasteiger partial charge is 0.347 e. The van der Waals surface area contributed by atoms with E-state index in [-0.39, 0.29) is 62.1 Å². The van der Waals surface area contributed by atoms with Crippen LogP contribution in [0.25, 0.3) is 0 Å². The van der Waals surface area contributed by atoms with Crippen LogP contribution in [0.3, 0.4) is 0 Å². The average Bonchev–Trinajstić information content (AvgIpc) is 3.06. The zero-order valence-electron chi connectivity index (χ0n) is 30.9. The zero-order valence-corrected chi connectivity index (χ0v) is 32.5. The molecule has 4 aromatic carbocycles. The average molecular weight is 778 g/mol. The molecule has 0 saturated carbocycles. The van der Waals surface area contributed by atoms with Gasteiger partial charge in [0, 0.05) is 11.6 Å². The Kier molecular flexibility index (Phi) is 11.4. The molecule has 0 radical (unpaired) electrons. The summed E-state index contributed by atoms with van der Waals surface area (Å²) in [4.78, 5) is 52.6. The minimum atomic E-state index is -1.08. The first-order valence-corrected chi connectivity index (χ1v) is 17.1. The highest BCUT2D eigenvalue weighted by molar-refractivity contribution is 9.10. The van der Waals surface area contributed by atoms with E-state index in [2.05, 4.69) is 15.9 Å². The molecule has 12 heteroatoms. The van der Waals surface area contributed by atoms with E-state index in [1.165, 1.54) is 32.2 Å². The Morgan fingerprint density at radius 1 is 0.596 bits per heavy atom. The van der Waals surface area contributed by atoms with Crippen molar-refractivity contribution >= 4 is 39.8 Å². The lowest BCUT2D eigenvalue weighted by atomic mass is 9.91. The Morgan fingerprint density at radius 3 is 1.69 bits per heavy atom. The van der Waals surface area contributed by atoms with Crippen LogP contribution in [0.5, 0.6) is 34.5 Å². The third-order valence-corrected chi connectivity index (χ3v) is 10.5. The lowest BCUT2D eigenvalue weighted by Gasteiger charge is -2.21. The van der Waals surface area contributed by atoms with Gasteiger partial charge in [0.1, 0.15) is 45.6 Å². The number of esters is 3. The number of carboxylic acid groups (broad SMARTS) is 1. The molecular weight excluding hydrogens is 736 g/mol. The van der Waals surface area contributed by atoms with Crippen molar-refractivity contribution in [1.29, 1.82) is 0 Å². The maximum Gasteiger partial charge on any atom is 0.347 e. The van der Waals surface area contributed by atoms with Gasteiger partial charge in [-0.3, -0.25) is 0 Å². The number of rotatable bonds is 9. The molecular formula is C40H41BrO11. The second-order valence-electron chi connectivity index (χ2n) is 12.7. The first-order valence-electron chi connectivity index (χ1n) is 16.3. The maximum atomic E-state index is 13.8. The minimum absolute atomic E-state index is 0.0115. The molecule has 0 spiro atoms. The number of halogens is 1. The highest BCUT2D eigenvalue weighted by atomic mass is 79.9. The number of phenols is 2. The molecule has 0 heterocycles. The van der Waals surface area contributed by atoms with Crippen molar-refractivity contribution < 1.29 is 53.4 Å². The van der Waals surface area contributed by atoms with Crippen LogP contribution in [0.2, 0.25) is 0 Å². The van der Waals surface area contributed by atoms with E-state index >= 15 is 0 Å². The number of hydrogen-bond acceptors (Lipinski definition) is 10. The number of carboxylic acids is 1. The van der Waals surface area contributed by atoms with Gasteiger partial charge in [0.25, 0.3) is 0 Å². The molecule has 52 heavy (non-hydrogen) atoms. The second kappa shape index (κ2) is 15.1. The van der Waals surface area contributed by atoms with Crippen LogP contribution in [0, 0.1) is 62.3 Å². The summed E-state index contributed by atoms with van der Waals surface area (Å²) in [6.45, 7) is 16.6. The predicted molar refractivity (Wildman–Crippen MR) is 197 cm³/mol. The maximum absolute atomic E-state index is 13.8. The number of methoxy groups -OCH3 is 1. The van der Waals surface area contributed by atoms with Crippen molar-refractivity contribution in [2.45, 2.75) is 75.7 Å². The molecule has 11 nitrogen and oxygen atoms in total. The molecule has 0 unspecified atom stereocenters. The number of hydrogen-bond donors (Lipinski definition) is 3. The number of aromatic hydroxyl groups is 2. The van der Waals surface area contributed by atoms with Crippen molar-refractivity contribution in [3.63, 3.8) is 0 Å². The van der Waals surface area contributed by atoms with Crippen LogP contribution in [0.15, 0.2) is 22.7 Å². The largest absolute Gasteiger partial charge is 0.508 e. The van der Waals surface area contributed by atoms with Crippen molar-refractivity contribution in [1.82, 2.24) is 0 Å². The number of ether oxygens (including phenoxy) is 4. The van der Waals surface area contributed by atoms with Gasteiger partial charge in [-0.1, -0.05) is 6.92 Å². The second-order valence-corrected chi connectivity index (χ2v) is 13.5. The Balaban J connectivity index is 1.67. The fourth-order valence-electron chi connectivity index (χ4n) is 6.41.